The Morgan fingerprint density at radius 1 is 1.19 bits per heavy atom. The van der Waals surface area contributed by atoms with E-state index in [9.17, 15) is 23.9 Å². The maximum atomic E-state index is 14.2. The highest BCUT2D eigenvalue weighted by Gasteiger charge is 2.47. The van der Waals surface area contributed by atoms with Crippen molar-refractivity contribution in [3.05, 3.63) is 77.2 Å². The fourth-order valence-electron chi connectivity index (χ4n) is 5.58. The number of carbonyl (C=O) groups excluding carboxylic acids is 1. The lowest BCUT2D eigenvalue weighted by Gasteiger charge is -2.56. The van der Waals surface area contributed by atoms with Crippen LogP contribution < -0.4 is 9.64 Å². The first-order valence-corrected chi connectivity index (χ1v) is 13.3. The summed E-state index contributed by atoms with van der Waals surface area (Å²) in [6, 6.07) is 9.48. The van der Waals surface area contributed by atoms with E-state index in [-0.39, 0.29) is 24.3 Å². The standard InChI is InChI=1S/C31H26F2N6O3/c1-4-24-26(32)7-19(8-27(24)33)30(40)39-21-9-22(39)15-37(14-21)28-6-5-18(12-35-28)25-10-23(42-17-31(2,3)41)16-38-29(25)20(11-34)13-36-38/h1,5-8,10,12-13,16,21-22,41H,9,14-15,17H2,2-3H3. The van der Waals surface area contributed by atoms with E-state index >= 15 is 0 Å². The second kappa shape index (κ2) is 10.1. The van der Waals surface area contributed by atoms with Crippen LogP contribution in [0.4, 0.5) is 14.6 Å². The average molecular weight is 569 g/mol. The van der Waals surface area contributed by atoms with Crippen LogP contribution >= 0.6 is 0 Å². The molecule has 42 heavy (non-hydrogen) atoms. The molecule has 11 heteroatoms. The number of nitriles is 1. The van der Waals surface area contributed by atoms with Crippen LogP contribution in [0.25, 0.3) is 16.6 Å². The molecule has 3 aliphatic heterocycles. The van der Waals surface area contributed by atoms with Crippen LogP contribution in [0.2, 0.25) is 0 Å². The van der Waals surface area contributed by atoms with Gasteiger partial charge in [0.2, 0.25) is 0 Å². The fourth-order valence-corrected chi connectivity index (χ4v) is 5.58. The van der Waals surface area contributed by atoms with Gasteiger partial charge in [-0.1, -0.05) is 5.92 Å². The second-order valence-electron chi connectivity index (χ2n) is 11.2. The van der Waals surface area contributed by atoms with E-state index in [2.05, 4.69) is 21.1 Å². The molecule has 7 rings (SSSR count). The minimum absolute atomic E-state index is 0.0636. The van der Waals surface area contributed by atoms with Crippen LogP contribution in [0.15, 0.2) is 48.9 Å². The number of amides is 1. The van der Waals surface area contributed by atoms with E-state index in [1.54, 1.807) is 41.7 Å². The molecule has 3 aliphatic rings. The number of fused-ring (bicyclic) bond motifs is 3. The van der Waals surface area contributed by atoms with Gasteiger partial charge >= 0.3 is 0 Å². The lowest BCUT2D eigenvalue weighted by molar-refractivity contribution is 0.00568. The third kappa shape index (κ3) is 4.78. The fraction of sp³-hybridized carbons (Fsp3) is 0.290. The van der Waals surface area contributed by atoms with Crippen molar-refractivity contribution < 1.29 is 23.4 Å². The normalized spacial score (nSPS) is 17.9. The van der Waals surface area contributed by atoms with Crippen LogP contribution in [-0.2, 0) is 0 Å². The van der Waals surface area contributed by atoms with Gasteiger partial charge in [-0.2, -0.15) is 10.4 Å². The number of halogens is 2. The molecular weight excluding hydrogens is 542 g/mol. The minimum atomic E-state index is -1.03. The van der Waals surface area contributed by atoms with E-state index < -0.39 is 28.7 Å². The number of aromatic nitrogens is 3. The number of piperidine rings is 1. The smallest absolute Gasteiger partial charge is 0.254 e. The first kappa shape index (κ1) is 27.2. The molecule has 3 saturated heterocycles. The highest BCUT2D eigenvalue weighted by molar-refractivity contribution is 5.95. The number of terminal acetylenes is 1. The molecule has 0 spiro atoms. The monoisotopic (exact) mass is 568 g/mol. The molecule has 6 heterocycles. The van der Waals surface area contributed by atoms with Gasteiger partial charge in [-0.15, -0.1) is 6.42 Å². The minimum Gasteiger partial charge on any atom is -0.489 e. The van der Waals surface area contributed by atoms with Crippen LogP contribution in [0.5, 0.6) is 5.75 Å². The molecule has 212 valence electrons. The molecule has 0 radical (unpaired) electrons. The van der Waals surface area contributed by atoms with Gasteiger partial charge in [-0.25, -0.2) is 18.3 Å². The Bertz CT molecular complexity index is 1760. The van der Waals surface area contributed by atoms with E-state index in [1.807, 2.05) is 18.1 Å². The van der Waals surface area contributed by atoms with Gasteiger partial charge in [-0.05, 0) is 50.6 Å². The van der Waals surface area contributed by atoms with Crippen molar-refractivity contribution in [1.82, 2.24) is 19.5 Å². The van der Waals surface area contributed by atoms with Gasteiger partial charge in [0.05, 0.1) is 46.7 Å². The van der Waals surface area contributed by atoms with Crippen molar-refractivity contribution >= 4 is 17.2 Å². The van der Waals surface area contributed by atoms with Gasteiger partial charge in [-0.3, -0.25) is 4.79 Å². The number of aliphatic hydroxyl groups is 1. The highest BCUT2D eigenvalue weighted by Crippen LogP contribution is 2.37. The Labute approximate surface area is 240 Å². The highest BCUT2D eigenvalue weighted by atomic mass is 19.1. The van der Waals surface area contributed by atoms with Crippen molar-refractivity contribution in [2.75, 3.05) is 24.6 Å². The number of carbonyl (C=O) groups is 1. The van der Waals surface area contributed by atoms with Crippen LogP contribution in [-0.4, -0.2) is 67.9 Å². The Hall–Kier alpha value is -5.00. The van der Waals surface area contributed by atoms with Crippen LogP contribution in [0.1, 0.15) is 41.8 Å². The molecule has 3 aromatic heterocycles. The topological polar surface area (TPSA) is 107 Å². The quantitative estimate of drug-likeness (QED) is 0.353. The van der Waals surface area contributed by atoms with E-state index in [1.165, 1.54) is 6.20 Å². The molecule has 2 unspecified atom stereocenters. The van der Waals surface area contributed by atoms with Crippen molar-refractivity contribution in [3.8, 4) is 35.3 Å². The summed E-state index contributed by atoms with van der Waals surface area (Å²) in [5, 5.41) is 24.0. The first-order chi connectivity index (χ1) is 20.1. The van der Waals surface area contributed by atoms with Crippen LogP contribution in [0.3, 0.4) is 0 Å². The molecule has 0 saturated carbocycles. The zero-order valence-corrected chi connectivity index (χ0v) is 22.9. The summed E-state index contributed by atoms with van der Waals surface area (Å²) in [5.41, 5.74) is 0.873. The molecule has 0 aliphatic carbocycles. The number of ether oxygens (including phenoxy) is 1. The number of hydrogen-bond donors (Lipinski definition) is 1. The van der Waals surface area contributed by atoms with Crippen molar-refractivity contribution in [2.24, 2.45) is 0 Å². The van der Waals surface area contributed by atoms with Gasteiger partial charge in [0.25, 0.3) is 5.91 Å². The summed E-state index contributed by atoms with van der Waals surface area (Å²) in [7, 11) is 0. The molecule has 9 nitrogen and oxygen atoms in total. The van der Waals surface area contributed by atoms with Crippen molar-refractivity contribution in [3.63, 3.8) is 0 Å². The molecule has 1 aromatic carbocycles. The number of pyridine rings is 2. The first-order valence-electron chi connectivity index (χ1n) is 13.3. The number of nitrogens with zero attached hydrogens (tertiary/aromatic N) is 6. The average Bonchev–Trinajstić information content (AvgIpc) is 3.38. The van der Waals surface area contributed by atoms with Gasteiger partial charge in [0.15, 0.2) is 0 Å². The van der Waals surface area contributed by atoms with Crippen LogP contribution in [0, 0.1) is 35.3 Å². The Morgan fingerprint density at radius 2 is 1.90 bits per heavy atom. The molecule has 4 aromatic rings. The number of hydrogen-bond acceptors (Lipinski definition) is 7. The molecular formula is C31H26F2N6O3. The predicted molar refractivity (Wildman–Crippen MR) is 150 cm³/mol. The summed E-state index contributed by atoms with van der Waals surface area (Å²) >= 11 is 0. The predicted octanol–water partition coefficient (Wildman–Crippen LogP) is 3.78. The Morgan fingerprint density at radius 3 is 2.50 bits per heavy atom. The number of benzene rings is 1. The lowest BCUT2D eigenvalue weighted by Crippen LogP contribution is -2.70. The van der Waals surface area contributed by atoms with Gasteiger partial charge < -0.3 is 19.6 Å². The third-order valence-electron chi connectivity index (χ3n) is 7.54. The summed E-state index contributed by atoms with van der Waals surface area (Å²) in [6.45, 7) is 4.40. The van der Waals surface area contributed by atoms with E-state index in [0.29, 0.717) is 35.5 Å². The van der Waals surface area contributed by atoms with Crippen molar-refractivity contribution in [2.45, 2.75) is 38.0 Å². The SMILES string of the molecule is C#Cc1c(F)cc(C(=O)N2C3CC2CN(c2ccc(-c4cc(OCC(C)(C)O)cn5ncc(C#N)c45)cn2)C3)cc1F. The zero-order valence-electron chi connectivity index (χ0n) is 22.9. The van der Waals surface area contributed by atoms with Crippen molar-refractivity contribution in [1.29, 1.82) is 5.26 Å². The number of rotatable bonds is 6. The molecule has 2 atom stereocenters. The Kier molecular flexibility index (Phi) is 6.55. The largest absolute Gasteiger partial charge is 0.489 e. The summed E-state index contributed by atoms with van der Waals surface area (Å²) < 4.78 is 35.8. The maximum Gasteiger partial charge on any atom is 0.254 e. The van der Waals surface area contributed by atoms with E-state index in [0.717, 1.165) is 29.9 Å². The van der Waals surface area contributed by atoms with Gasteiger partial charge in [0.1, 0.15) is 35.9 Å². The molecule has 1 N–H and O–H groups in total. The molecule has 1 amide bonds. The summed E-state index contributed by atoms with van der Waals surface area (Å²) in [4.78, 5) is 21.5. The van der Waals surface area contributed by atoms with Gasteiger partial charge in [0, 0.05) is 36.0 Å². The summed E-state index contributed by atoms with van der Waals surface area (Å²) in [6.07, 6.45) is 10.8. The number of piperazine rings is 1. The molecule has 2 bridgehead atoms. The number of anilines is 1. The zero-order chi connectivity index (χ0) is 29.8. The Balaban J connectivity index is 1.21. The van der Waals surface area contributed by atoms with E-state index in [4.69, 9.17) is 11.2 Å². The molecule has 3 fully saturated rings. The third-order valence-corrected chi connectivity index (χ3v) is 7.54. The second-order valence-corrected chi connectivity index (χ2v) is 11.2. The lowest BCUT2D eigenvalue weighted by atomic mass is 9.86. The summed E-state index contributed by atoms with van der Waals surface area (Å²) in [5.74, 6) is 0.882. The maximum absolute atomic E-state index is 14.2.